The molecule has 0 bridgehead atoms. The van der Waals surface area contributed by atoms with Crippen molar-refractivity contribution < 1.29 is 0 Å². The third-order valence-corrected chi connectivity index (χ3v) is 6.09. The SMILES string of the molecule is CSCCCNC(=NCc1nnc(C)n1C)N(C)CC1CCC(C)CC1.I. The standard InChI is InChI=1S/C19H36N6S.HI/c1-15-7-9-17(10-8-15)14-24(3)19(20-11-6-12-26-5)21-13-18-23-22-16(2)25(18)4;/h15,17H,6-14H2,1-5H3,(H,20,21);1H. The van der Waals surface area contributed by atoms with Gasteiger partial charge in [0.05, 0.1) is 0 Å². The predicted octanol–water partition coefficient (Wildman–Crippen LogP) is 3.70. The molecule has 1 aromatic rings. The minimum absolute atomic E-state index is 0. The second-order valence-electron chi connectivity index (χ2n) is 7.64. The van der Waals surface area contributed by atoms with Gasteiger partial charge in [-0.3, -0.25) is 0 Å². The van der Waals surface area contributed by atoms with Gasteiger partial charge in [0, 0.05) is 27.2 Å². The Labute approximate surface area is 186 Å². The fraction of sp³-hybridized carbons (Fsp3) is 0.842. The second kappa shape index (κ2) is 12.9. The molecule has 0 unspecified atom stereocenters. The Morgan fingerprint density at radius 1 is 1.30 bits per heavy atom. The molecule has 0 aromatic carbocycles. The summed E-state index contributed by atoms with van der Waals surface area (Å²) in [5.41, 5.74) is 0. The third-order valence-electron chi connectivity index (χ3n) is 5.39. The van der Waals surface area contributed by atoms with Crippen LogP contribution in [-0.4, -0.2) is 57.8 Å². The minimum atomic E-state index is 0. The fourth-order valence-corrected chi connectivity index (χ4v) is 3.88. The summed E-state index contributed by atoms with van der Waals surface area (Å²) in [6.45, 7) is 6.96. The van der Waals surface area contributed by atoms with E-state index in [4.69, 9.17) is 4.99 Å². The van der Waals surface area contributed by atoms with Gasteiger partial charge in [0.25, 0.3) is 0 Å². The summed E-state index contributed by atoms with van der Waals surface area (Å²) in [6.07, 6.45) is 8.72. The van der Waals surface area contributed by atoms with E-state index < -0.39 is 0 Å². The summed E-state index contributed by atoms with van der Waals surface area (Å²) in [6, 6.07) is 0. The fourth-order valence-electron chi connectivity index (χ4n) is 3.45. The normalized spacial score (nSPS) is 20.3. The zero-order valence-electron chi connectivity index (χ0n) is 17.6. The molecule has 0 radical (unpaired) electrons. The summed E-state index contributed by atoms with van der Waals surface area (Å²) in [5, 5.41) is 11.9. The maximum absolute atomic E-state index is 4.85. The van der Waals surface area contributed by atoms with Crippen molar-refractivity contribution in [3.8, 4) is 0 Å². The van der Waals surface area contributed by atoms with Crippen LogP contribution in [0.4, 0.5) is 0 Å². The number of aryl methyl sites for hydroxylation is 1. The van der Waals surface area contributed by atoms with Crippen molar-refractivity contribution in [3.63, 3.8) is 0 Å². The van der Waals surface area contributed by atoms with E-state index in [9.17, 15) is 0 Å². The van der Waals surface area contributed by atoms with E-state index in [1.54, 1.807) is 0 Å². The minimum Gasteiger partial charge on any atom is -0.356 e. The van der Waals surface area contributed by atoms with Crippen molar-refractivity contribution in [2.75, 3.05) is 32.1 Å². The molecular formula is C19H37IN6S. The molecule has 6 nitrogen and oxygen atoms in total. The Bertz CT molecular complexity index is 569. The van der Waals surface area contributed by atoms with E-state index in [0.717, 1.165) is 49.0 Å². The highest BCUT2D eigenvalue weighted by molar-refractivity contribution is 14.0. The van der Waals surface area contributed by atoms with Crippen LogP contribution < -0.4 is 5.32 Å². The molecule has 8 heteroatoms. The lowest BCUT2D eigenvalue weighted by molar-refractivity contribution is 0.250. The number of aromatic nitrogens is 3. The van der Waals surface area contributed by atoms with Gasteiger partial charge in [-0.25, -0.2) is 4.99 Å². The molecule has 2 rings (SSSR count). The second-order valence-corrected chi connectivity index (χ2v) is 8.63. The van der Waals surface area contributed by atoms with Crippen LogP contribution in [0.1, 0.15) is 50.7 Å². The molecule has 0 amide bonds. The summed E-state index contributed by atoms with van der Waals surface area (Å²) in [7, 11) is 4.17. The van der Waals surface area contributed by atoms with E-state index in [0.29, 0.717) is 6.54 Å². The number of guanidine groups is 1. The van der Waals surface area contributed by atoms with Gasteiger partial charge in [-0.05, 0) is 50.0 Å². The Balaban J connectivity index is 0.00000364. The zero-order chi connectivity index (χ0) is 18.9. The van der Waals surface area contributed by atoms with Crippen molar-refractivity contribution in [1.82, 2.24) is 25.0 Å². The van der Waals surface area contributed by atoms with Crippen LogP contribution in [0.5, 0.6) is 0 Å². The molecule has 0 aliphatic heterocycles. The quantitative estimate of drug-likeness (QED) is 0.251. The van der Waals surface area contributed by atoms with E-state index in [1.165, 1.54) is 31.4 Å². The first-order valence-electron chi connectivity index (χ1n) is 9.84. The monoisotopic (exact) mass is 508 g/mol. The lowest BCUT2D eigenvalue weighted by atomic mass is 9.83. The molecule has 1 aromatic heterocycles. The molecule has 1 fully saturated rings. The van der Waals surface area contributed by atoms with E-state index >= 15 is 0 Å². The number of nitrogens with one attached hydrogen (secondary N) is 1. The molecule has 1 heterocycles. The highest BCUT2D eigenvalue weighted by Crippen LogP contribution is 2.28. The molecule has 1 aliphatic rings. The average molecular weight is 509 g/mol. The van der Waals surface area contributed by atoms with Gasteiger partial charge in [-0.15, -0.1) is 34.2 Å². The number of hydrogen-bond acceptors (Lipinski definition) is 4. The summed E-state index contributed by atoms with van der Waals surface area (Å²) >= 11 is 1.89. The molecule has 156 valence electrons. The summed E-state index contributed by atoms with van der Waals surface area (Å²) in [5.74, 6) is 5.68. The van der Waals surface area contributed by atoms with E-state index in [1.807, 2.05) is 30.3 Å². The number of hydrogen-bond donors (Lipinski definition) is 1. The smallest absolute Gasteiger partial charge is 0.194 e. The van der Waals surface area contributed by atoms with Crippen LogP contribution in [-0.2, 0) is 13.6 Å². The van der Waals surface area contributed by atoms with Gasteiger partial charge < -0.3 is 14.8 Å². The van der Waals surface area contributed by atoms with Crippen molar-refractivity contribution in [2.24, 2.45) is 23.9 Å². The van der Waals surface area contributed by atoms with Crippen molar-refractivity contribution in [1.29, 1.82) is 0 Å². The van der Waals surface area contributed by atoms with E-state index in [-0.39, 0.29) is 24.0 Å². The number of halogens is 1. The van der Waals surface area contributed by atoms with Gasteiger partial charge in [0.1, 0.15) is 12.4 Å². The molecule has 27 heavy (non-hydrogen) atoms. The number of rotatable bonds is 8. The Kier molecular flexibility index (Phi) is 11.7. The molecule has 0 atom stereocenters. The summed E-state index contributed by atoms with van der Waals surface area (Å²) < 4.78 is 2.01. The topological polar surface area (TPSA) is 58.3 Å². The van der Waals surface area contributed by atoms with Crippen molar-refractivity contribution in [3.05, 3.63) is 11.6 Å². The largest absolute Gasteiger partial charge is 0.356 e. The highest BCUT2D eigenvalue weighted by atomic mass is 127. The zero-order valence-corrected chi connectivity index (χ0v) is 20.7. The van der Waals surface area contributed by atoms with Gasteiger partial charge >= 0.3 is 0 Å². The maximum atomic E-state index is 4.85. The van der Waals surface area contributed by atoms with Gasteiger partial charge in [-0.2, -0.15) is 11.8 Å². The Morgan fingerprint density at radius 2 is 2.00 bits per heavy atom. The first kappa shape index (κ1) is 24.5. The Morgan fingerprint density at radius 3 is 2.59 bits per heavy atom. The van der Waals surface area contributed by atoms with Crippen LogP contribution in [0.25, 0.3) is 0 Å². The van der Waals surface area contributed by atoms with Crippen LogP contribution >= 0.6 is 35.7 Å². The summed E-state index contributed by atoms with van der Waals surface area (Å²) in [4.78, 5) is 7.16. The third kappa shape index (κ3) is 8.17. The number of aliphatic imine (C=N–C) groups is 1. The van der Waals surface area contributed by atoms with Crippen LogP contribution in [0.2, 0.25) is 0 Å². The van der Waals surface area contributed by atoms with Gasteiger partial charge in [-0.1, -0.05) is 19.8 Å². The molecule has 0 saturated heterocycles. The number of thioether (sulfide) groups is 1. The van der Waals surface area contributed by atoms with Crippen LogP contribution in [0.15, 0.2) is 4.99 Å². The first-order valence-corrected chi connectivity index (χ1v) is 11.2. The molecular weight excluding hydrogens is 471 g/mol. The van der Waals surface area contributed by atoms with E-state index in [2.05, 4.69) is 40.6 Å². The number of nitrogens with zero attached hydrogens (tertiary/aromatic N) is 5. The molecule has 1 aliphatic carbocycles. The van der Waals surface area contributed by atoms with Crippen LogP contribution in [0, 0.1) is 18.8 Å². The maximum Gasteiger partial charge on any atom is 0.194 e. The first-order chi connectivity index (χ1) is 12.5. The predicted molar refractivity (Wildman–Crippen MR) is 127 cm³/mol. The molecule has 1 N–H and O–H groups in total. The van der Waals surface area contributed by atoms with Crippen molar-refractivity contribution >= 4 is 41.7 Å². The average Bonchev–Trinajstić information content (AvgIpc) is 2.95. The Hall–Kier alpha value is -0.510. The molecule has 1 saturated carbocycles. The van der Waals surface area contributed by atoms with Gasteiger partial charge in [0.15, 0.2) is 11.8 Å². The lowest BCUT2D eigenvalue weighted by Crippen LogP contribution is -2.42. The van der Waals surface area contributed by atoms with Crippen molar-refractivity contribution in [2.45, 2.75) is 52.5 Å². The lowest BCUT2D eigenvalue weighted by Gasteiger charge is -2.31. The van der Waals surface area contributed by atoms with Gasteiger partial charge in [0.2, 0.25) is 0 Å². The van der Waals surface area contributed by atoms with Crippen LogP contribution in [0.3, 0.4) is 0 Å². The molecule has 0 spiro atoms. The highest BCUT2D eigenvalue weighted by Gasteiger charge is 2.20.